The van der Waals surface area contributed by atoms with Crippen molar-refractivity contribution in [3.8, 4) is 11.5 Å². The highest BCUT2D eigenvalue weighted by molar-refractivity contribution is 7.00. The number of hydrogen-bond donors (Lipinski definition) is 0. The monoisotopic (exact) mass is 369 g/mol. The van der Waals surface area contributed by atoms with Gasteiger partial charge in [-0.3, -0.25) is 4.79 Å². The van der Waals surface area contributed by atoms with Crippen molar-refractivity contribution < 1.29 is 14.3 Å². The molecule has 0 fully saturated rings. The van der Waals surface area contributed by atoms with Crippen molar-refractivity contribution in [2.24, 2.45) is 5.92 Å². The van der Waals surface area contributed by atoms with Crippen LogP contribution in [0.1, 0.15) is 11.1 Å². The summed E-state index contributed by atoms with van der Waals surface area (Å²) in [5, 5.41) is 0. The van der Waals surface area contributed by atoms with Gasteiger partial charge >= 0.3 is 0 Å². The van der Waals surface area contributed by atoms with Gasteiger partial charge in [0.2, 0.25) is 5.91 Å². The summed E-state index contributed by atoms with van der Waals surface area (Å²) >= 11 is 1.20. The lowest BCUT2D eigenvalue weighted by Gasteiger charge is -2.28. The summed E-state index contributed by atoms with van der Waals surface area (Å²) in [5.74, 6) is 1.50. The van der Waals surface area contributed by atoms with Gasteiger partial charge in [0.15, 0.2) is 0 Å². The molecule has 1 amide bonds. The minimum atomic E-state index is -0.190. The van der Waals surface area contributed by atoms with Gasteiger partial charge in [0, 0.05) is 13.6 Å². The van der Waals surface area contributed by atoms with E-state index >= 15 is 0 Å². The second-order valence-electron chi connectivity index (χ2n) is 6.47. The first kappa shape index (κ1) is 16.8. The van der Waals surface area contributed by atoms with E-state index in [0.29, 0.717) is 19.6 Å². The number of carbonyl (C=O) groups excluding carboxylic acids is 1. The van der Waals surface area contributed by atoms with Crippen molar-refractivity contribution in [1.82, 2.24) is 13.6 Å². The molecule has 0 bridgehead atoms. The molecule has 0 spiro atoms. The molecule has 2 heterocycles. The molecule has 3 aromatic rings. The molecule has 0 aliphatic carbocycles. The zero-order valence-electron chi connectivity index (χ0n) is 14.6. The maximum atomic E-state index is 12.9. The lowest BCUT2D eigenvalue weighted by Crippen LogP contribution is -2.38. The fourth-order valence-electron chi connectivity index (χ4n) is 3.25. The third-order valence-electron chi connectivity index (χ3n) is 4.64. The number of hydrogen-bond acceptors (Lipinski definition) is 6. The maximum Gasteiger partial charge on any atom is 0.229 e. The van der Waals surface area contributed by atoms with Crippen molar-refractivity contribution in [1.29, 1.82) is 0 Å². The number of amides is 1. The Morgan fingerprint density at radius 3 is 2.96 bits per heavy atom. The van der Waals surface area contributed by atoms with Gasteiger partial charge in [0.1, 0.15) is 29.1 Å². The van der Waals surface area contributed by atoms with Crippen molar-refractivity contribution in [3.05, 3.63) is 47.5 Å². The maximum absolute atomic E-state index is 12.9. The van der Waals surface area contributed by atoms with E-state index in [4.69, 9.17) is 9.47 Å². The normalized spacial score (nSPS) is 16.0. The Balaban J connectivity index is 1.46. The van der Waals surface area contributed by atoms with Crippen LogP contribution in [0.2, 0.25) is 0 Å². The molecule has 134 valence electrons. The van der Waals surface area contributed by atoms with Gasteiger partial charge in [-0.05, 0) is 47.9 Å². The molecule has 0 saturated carbocycles. The van der Waals surface area contributed by atoms with Crippen LogP contribution < -0.4 is 9.47 Å². The third-order valence-corrected chi connectivity index (χ3v) is 5.19. The summed E-state index contributed by atoms with van der Waals surface area (Å²) in [6, 6.07) is 11.6. The SMILES string of the molecule is COc1ccc2c(c1)C[C@H](C(=O)N(C)Cc1ccc3nsnc3c1)CO2. The van der Waals surface area contributed by atoms with Gasteiger partial charge in [0.25, 0.3) is 0 Å². The van der Waals surface area contributed by atoms with Crippen molar-refractivity contribution in [2.45, 2.75) is 13.0 Å². The predicted octanol–water partition coefficient (Wildman–Crippen LogP) is 2.91. The first-order valence-electron chi connectivity index (χ1n) is 8.40. The third kappa shape index (κ3) is 3.22. The molecule has 6 nitrogen and oxygen atoms in total. The van der Waals surface area contributed by atoms with Gasteiger partial charge in [0.05, 0.1) is 24.8 Å². The molecular formula is C19H19N3O3S. The average molecular weight is 369 g/mol. The van der Waals surface area contributed by atoms with Gasteiger partial charge in [-0.15, -0.1) is 0 Å². The van der Waals surface area contributed by atoms with Crippen LogP contribution in [-0.4, -0.2) is 40.3 Å². The molecule has 0 N–H and O–H groups in total. The van der Waals surface area contributed by atoms with E-state index < -0.39 is 0 Å². The summed E-state index contributed by atoms with van der Waals surface area (Å²) in [6.45, 7) is 0.936. The van der Waals surface area contributed by atoms with E-state index in [0.717, 1.165) is 33.7 Å². The van der Waals surface area contributed by atoms with E-state index in [1.165, 1.54) is 11.7 Å². The van der Waals surface area contributed by atoms with E-state index in [1.807, 2.05) is 43.4 Å². The van der Waals surface area contributed by atoms with Crippen LogP contribution in [0.4, 0.5) is 0 Å². The zero-order valence-corrected chi connectivity index (χ0v) is 15.5. The van der Waals surface area contributed by atoms with E-state index in [9.17, 15) is 4.79 Å². The summed E-state index contributed by atoms with van der Waals surface area (Å²) in [7, 11) is 3.46. The number of nitrogens with zero attached hydrogens (tertiary/aromatic N) is 3. The van der Waals surface area contributed by atoms with Crippen LogP contribution in [0.5, 0.6) is 11.5 Å². The molecular weight excluding hydrogens is 350 g/mol. The van der Waals surface area contributed by atoms with Crippen LogP contribution in [0.3, 0.4) is 0 Å². The predicted molar refractivity (Wildman–Crippen MR) is 99.6 cm³/mol. The van der Waals surface area contributed by atoms with Crippen LogP contribution >= 0.6 is 11.7 Å². The zero-order chi connectivity index (χ0) is 18.1. The lowest BCUT2D eigenvalue weighted by atomic mass is 9.95. The smallest absolute Gasteiger partial charge is 0.229 e. The number of rotatable bonds is 4. The molecule has 1 atom stereocenters. The van der Waals surface area contributed by atoms with Gasteiger partial charge < -0.3 is 14.4 Å². The first-order valence-corrected chi connectivity index (χ1v) is 9.13. The molecule has 1 aliphatic rings. The summed E-state index contributed by atoms with van der Waals surface area (Å²) in [5.41, 5.74) is 3.81. The molecule has 0 unspecified atom stereocenters. The number of benzene rings is 2. The Morgan fingerprint density at radius 1 is 1.27 bits per heavy atom. The summed E-state index contributed by atoms with van der Waals surface area (Å²) in [4.78, 5) is 14.6. The average Bonchev–Trinajstić information content (AvgIpc) is 3.14. The Bertz CT molecular complexity index is 956. The van der Waals surface area contributed by atoms with Crippen molar-refractivity contribution >= 4 is 28.7 Å². The van der Waals surface area contributed by atoms with Crippen LogP contribution in [0.15, 0.2) is 36.4 Å². The van der Waals surface area contributed by atoms with Crippen LogP contribution in [-0.2, 0) is 17.8 Å². The molecule has 26 heavy (non-hydrogen) atoms. The Morgan fingerprint density at radius 2 is 2.12 bits per heavy atom. The molecule has 0 saturated heterocycles. The summed E-state index contributed by atoms with van der Waals surface area (Å²) in [6.07, 6.45) is 0.657. The topological polar surface area (TPSA) is 64.5 Å². The van der Waals surface area contributed by atoms with Crippen LogP contribution in [0.25, 0.3) is 11.0 Å². The van der Waals surface area contributed by atoms with Gasteiger partial charge in [-0.25, -0.2) is 0 Å². The fourth-order valence-corrected chi connectivity index (χ4v) is 3.76. The van der Waals surface area contributed by atoms with Crippen molar-refractivity contribution in [2.75, 3.05) is 20.8 Å². The van der Waals surface area contributed by atoms with E-state index in [1.54, 1.807) is 12.0 Å². The highest BCUT2D eigenvalue weighted by atomic mass is 32.1. The standard InChI is InChI=1S/C19H19N3O3S/c1-22(10-12-3-5-16-17(7-12)21-26-20-16)19(23)14-8-13-9-15(24-2)4-6-18(13)25-11-14/h3-7,9,14H,8,10-11H2,1-2H3/t14-/m0/s1. The Labute approximate surface area is 155 Å². The molecule has 2 aromatic carbocycles. The van der Waals surface area contributed by atoms with Crippen LogP contribution in [0, 0.1) is 5.92 Å². The highest BCUT2D eigenvalue weighted by Crippen LogP contribution is 2.31. The second-order valence-corrected chi connectivity index (χ2v) is 7.00. The first-order chi connectivity index (χ1) is 12.6. The minimum absolute atomic E-state index is 0.0787. The number of methoxy groups -OCH3 is 1. The summed E-state index contributed by atoms with van der Waals surface area (Å²) < 4.78 is 19.5. The Kier molecular flexibility index (Phi) is 4.46. The number of fused-ring (bicyclic) bond motifs is 2. The quantitative estimate of drug-likeness (QED) is 0.707. The number of carbonyl (C=O) groups is 1. The highest BCUT2D eigenvalue weighted by Gasteiger charge is 2.28. The second kappa shape index (κ2) is 6.92. The largest absolute Gasteiger partial charge is 0.497 e. The molecule has 7 heteroatoms. The van der Waals surface area contributed by atoms with Gasteiger partial charge in [-0.2, -0.15) is 8.75 Å². The number of ether oxygens (including phenoxy) is 2. The molecule has 1 aliphatic heterocycles. The molecule has 1 aromatic heterocycles. The van der Waals surface area contributed by atoms with E-state index in [2.05, 4.69) is 8.75 Å². The van der Waals surface area contributed by atoms with Crippen molar-refractivity contribution in [3.63, 3.8) is 0 Å². The minimum Gasteiger partial charge on any atom is -0.497 e. The molecule has 4 rings (SSSR count). The fraction of sp³-hybridized carbons (Fsp3) is 0.316. The lowest BCUT2D eigenvalue weighted by molar-refractivity contribution is -0.136. The van der Waals surface area contributed by atoms with E-state index in [-0.39, 0.29) is 11.8 Å². The Hall–Kier alpha value is -2.67. The van der Waals surface area contributed by atoms with Gasteiger partial charge in [-0.1, -0.05) is 6.07 Å². The molecule has 0 radical (unpaired) electrons. The number of aromatic nitrogens is 2.